The summed E-state index contributed by atoms with van der Waals surface area (Å²) in [5.41, 5.74) is 2.89. The van der Waals surface area contributed by atoms with Crippen molar-refractivity contribution in [2.75, 3.05) is 0 Å². The molecule has 1 unspecified atom stereocenters. The van der Waals surface area contributed by atoms with Crippen LogP contribution in [0.4, 0.5) is 0 Å². The molecule has 0 aliphatic carbocycles. The maximum absolute atomic E-state index is 13.7. The smallest absolute Gasteiger partial charge is 0.326 e. The summed E-state index contributed by atoms with van der Waals surface area (Å²) in [6.45, 7) is 0.108. The molecule has 1 N–H and O–H groups in total. The van der Waals surface area contributed by atoms with E-state index in [-0.39, 0.29) is 23.6 Å². The van der Waals surface area contributed by atoms with E-state index in [9.17, 15) is 14.7 Å². The lowest BCUT2D eigenvalue weighted by molar-refractivity contribution is -0.142. The molecule has 5 nitrogen and oxygen atoms in total. The average Bonchev–Trinajstić information content (AvgIpc) is 3.30. The number of thiophene rings is 1. The van der Waals surface area contributed by atoms with Gasteiger partial charge < -0.3 is 10.0 Å². The SMILES string of the molecule is O=C(O)C(Cc1ccccc1)N(Cc1sccc1-c1ccncc1)C(=O)c1ccc(Cl)cc1Cl. The van der Waals surface area contributed by atoms with Gasteiger partial charge in [0.05, 0.1) is 17.1 Å². The van der Waals surface area contributed by atoms with E-state index in [1.54, 1.807) is 18.5 Å². The first-order chi connectivity index (χ1) is 16.4. The number of aliphatic carboxylic acids is 1. The van der Waals surface area contributed by atoms with Crippen molar-refractivity contribution in [3.63, 3.8) is 0 Å². The first-order valence-corrected chi connectivity index (χ1v) is 12.1. The number of carboxylic acids is 1. The molecule has 0 saturated heterocycles. The van der Waals surface area contributed by atoms with E-state index < -0.39 is 17.9 Å². The highest BCUT2D eigenvalue weighted by atomic mass is 35.5. The summed E-state index contributed by atoms with van der Waals surface area (Å²) in [6.07, 6.45) is 3.55. The molecule has 1 amide bonds. The molecule has 8 heteroatoms. The Kier molecular flexibility index (Phi) is 7.63. The van der Waals surface area contributed by atoms with Crippen molar-refractivity contribution in [2.24, 2.45) is 0 Å². The first-order valence-electron chi connectivity index (χ1n) is 10.4. The Morgan fingerprint density at radius 1 is 1.00 bits per heavy atom. The second-order valence-corrected chi connectivity index (χ2v) is 9.44. The minimum Gasteiger partial charge on any atom is -0.480 e. The minimum atomic E-state index is -1.10. The van der Waals surface area contributed by atoms with Gasteiger partial charge in [0.15, 0.2) is 0 Å². The number of nitrogens with zero attached hydrogens (tertiary/aromatic N) is 2. The quantitative estimate of drug-likeness (QED) is 0.295. The van der Waals surface area contributed by atoms with Crippen LogP contribution in [-0.4, -0.2) is 32.9 Å². The molecule has 172 valence electrons. The predicted molar refractivity (Wildman–Crippen MR) is 135 cm³/mol. The number of carbonyl (C=O) groups excluding carboxylic acids is 1. The van der Waals surface area contributed by atoms with Crippen LogP contribution >= 0.6 is 34.5 Å². The Morgan fingerprint density at radius 2 is 1.74 bits per heavy atom. The van der Waals surface area contributed by atoms with Gasteiger partial charge in [-0.15, -0.1) is 11.3 Å². The highest BCUT2D eigenvalue weighted by Crippen LogP contribution is 2.31. The van der Waals surface area contributed by atoms with Gasteiger partial charge in [-0.25, -0.2) is 4.79 Å². The van der Waals surface area contributed by atoms with Crippen molar-refractivity contribution in [1.29, 1.82) is 0 Å². The van der Waals surface area contributed by atoms with Gasteiger partial charge >= 0.3 is 5.97 Å². The van der Waals surface area contributed by atoms with E-state index in [0.29, 0.717) is 5.02 Å². The molecule has 0 spiro atoms. The molecular formula is C26H20Cl2N2O3S. The number of aromatic nitrogens is 1. The zero-order valence-electron chi connectivity index (χ0n) is 17.9. The fraction of sp³-hybridized carbons (Fsp3) is 0.115. The number of hydrogen-bond donors (Lipinski definition) is 1. The van der Waals surface area contributed by atoms with Gasteiger partial charge in [-0.1, -0.05) is 53.5 Å². The molecule has 4 rings (SSSR count). The maximum atomic E-state index is 13.7. The maximum Gasteiger partial charge on any atom is 0.326 e. The number of carbonyl (C=O) groups is 2. The number of pyridine rings is 1. The fourth-order valence-electron chi connectivity index (χ4n) is 3.72. The number of amides is 1. The Labute approximate surface area is 211 Å². The molecule has 0 saturated carbocycles. The van der Waals surface area contributed by atoms with Crippen LogP contribution in [0.1, 0.15) is 20.8 Å². The predicted octanol–water partition coefficient (Wildman–Crippen LogP) is 6.46. The van der Waals surface area contributed by atoms with Crippen LogP contribution < -0.4 is 0 Å². The molecule has 0 aliphatic heterocycles. The first kappa shape index (κ1) is 24.0. The molecule has 0 fully saturated rings. The third-order valence-electron chi connectivity index (χ3n) is 5.41. The van der Waals surface area contributed by atoms with Crippen molar-refractivity contribution < 1.29 is 14.7 Å². The van der Waals surface area contributed by atoms with Crippen LogP contribution in [0, 0.1) is 0 Å². The monoisotopic (exact) mass is 510 g/mol. The summed E-state index contributed by atoms with van der Waals surface area (Å²) in [6, 6.07) is 18.4. The van der Waals surface area contributed by atoms with Crippen LogP contribution in [0.3, 0.4) is 0 Å². The fourth-order valence-corrected chi connectivity index (χ4v) is 5.10. The highest BCUT2D eigenvalue weighted by molar-refractivity contribution is 7.10. The second kappa shape index (κ2) is 10.8. The van der Waals surface area contributed by atoms with Crippen molar-refractivity contribution in [1.82, 2.24) is 9.88 Å². The lowest BCUT2D eigenvalue weighted by Crippen LogP contribution is -2.46. The van der Waals surface area contributed by atoms with E-state index in [1.807, 2.05) is 53.9 Å². The number of halogens is 2. The summed E-state index contributed by atoms with van der Waals surface area (Å²) in [7, 11) is 0. The number of benzene rings is 2. The van der Waals surface area contributed by atoms with Gasteiger partial charge in [0.25, 0.3) is 5.91 Å². The third kappa shape index (κ3) is 5.47. The van der Waals surface area contributed by atoms with Crippen molar-refractivity contribution in [3.8, 4) is 11.1 Å². The standard InChI is InChI=1S/C26H20Cl2N2O3S/c27-19-6-7-21(22(28)15-19)25(31)30(23(26(32)33)14-17-4-2-1-3-5-17)16-24-20(10-13-34-24)18-8-11-29-12-9-18/h1-13,15,23H,14,16H2,(H,32,33). The van der Waals surface area contributed by atoms with E-state index in [4.69, 9.17) is 23.2 Å². The van der Waals surface area contributed by atoms with Gasteiger partial charge in [0.2, 0.25) is 0 Å². The van der Waals surface area contributed by atoms with Gasteiger partial charge in [0, 0.05) is 28.7 Å². The van der Waals surface area contributed by atoms with E-state index in [1.165, 1.54) is 28.4 Å². The summed E-state index contributed by atoms with van der Waals surface area (Å²) in [5, 5.41) is 12.7. The molecule has 34 heavy (non-hydrogen) atoms. The molecule has 0 bridgehead atoms. The Bertz CT molecular complexity index is 1300. The van der Waals surface area contributed by atoms with Gasteiger partial charge in [0.1, 0.15) is 6.04 Å². The molecule has 0 radical (unpaired) electrons. The average molecular weight is 511 g/mol. The zero-order chi connectivity index (χ0) is 24.1. The molecule has 0 aliphatic rings. The van der Waals surface area contributed by atoms with Crippen LogP contribution in [0.15, 0.2) is 84.5 Å². The van der Waals surface area contributed by atoms with Crippen LogP contribution in [0.25, 0.3) is 11.1 Å². The lowest BCUT2D eigenvalue weighted by atomic mass is 10.0. The summed E-state index contributed by atoms with van der Waals surface area (Å²) < 4.78 is 0. The summed E-state index contributed by atoms with van der Waals surface area (Å²) in [4.78, 5) is 32.5. The molecule has 2 heterocycles. The number of hydrogen-bond acceptors (Lipinski definition) is 4. The molecule has 1 atom stereocenters. The van der Waals surface area contributed by atoms with E-state index >= 15 is 0 Å². The van der Waals surface area contributed by atoms with Crippen molar-refractivity contribution in [2.45, 2.75) is 19.0 Å². The number of rotatable bonds is 8. The Balaban J connectivity index is 1.76. The third-order valence-corrected chi connectivity index (χ3v) is 6.86. The molecule has 2 aromatic heterocycles. The summed E-state index contributed by atoms with van der Waals surface area (Å²) in [5.74, 6) is -1.57. The van der Waals surface area contributed by atoms with Crippen molar-refractivity contribution >= 4 is 46.4 Å². The zero-order valence-corrected chi connectivity index (χ0v) is 20.2. The van der Waals surface area contributed by atoms with E-state index in [0.717, 1.165) is 21.6 Å². The Hall–Kier alpha value is -3.19. The molecule has 2 aromatic carbocycles. The molecule has 4 aromatic rings. The normalized spacial score (nSPS) is 11.7. The van der Waals surface area contributed by atoms with Crippen molar-refractivity contribution in [3.05, 3.63) is 111 Å². The number of carboxylic acid groups (broad SMARTS) is 1. The topological polar surface area (TPSA) is 70.5 Å². The van der Waals surface area contributed by atoms with Crippen LogP contribution in [-0.2, 0) is 17.8 Å². The van der Waals surface area contributed by atoms with Crippen LogP contribution in [0.2, 0.25) is 10.0 Å². The second-order valence-electron chi connectivity index (χ2n) is 7.59. The molecular weight excluding hydrogens is 491 g/mol. The largest absolute Gasteiger partial charge is 0.480 e. The Morgan fingerprint density at radius 3 is 2.41 bits per heavy atom. The highest BCUT2D eigenvalue weighted by Gasteiger charge is 2.32. The van der Waals surface area contributed by atoms with Crippen LogP contribution in [0.5, 0.6) is 0 Å². The van der Waals surface area contributed by atoms with Gasteiger partial charge in [-0.2, -0.15) is 0 Å². The van der Waals surface area contributed by atoms with Gasteiger partial charge in [-0.05, 0) is 58.5 Å². The lowest BCUT2D eigenvalue weighted by Gasteiger charge is -2.30. The summed E-state index contributed by atoms with van der Waals surface area (Å²) >= 11 is 13.8. The van der Waals surface area contributed by atoms with Gasteiger partial charge in [-0.3, -0.25) is 9.78 Å². The van der Waals surface area contributed by atoms with E-state index in [2.05, 4.69) is 4.98 Å². The minimum absolute atomic E-state index is 0.108.